The number of nitrogens with zero attached hydrogens (tertiary/aromatic N) is 2. The van der Waals surface area contributed by atoms with Crippen molar-refractivity contribution in [2.45, 2.75) is 26.4 Å². The average molecular weight is 461 g/mol. The lowest BCUT2D eigenvalue weighted by Crippen LogP contribution is -2.22. The van der Waals surface area contributed by atoms with E-state index in [9.17, 15) is 14.0 Å². The Morgan fingerprint density at radius 1 is 1.15 bits per heavy atom. The first-order valence-electron chi connectivity index (χ1n) is 9.77. The van der Waals surface area contributed by atoms with Crippen LogP contribution in [0.4, 0.5) is 18.9 Å². The lowest BCUT2D eigenvalue weighted by Gasteiger charge is -2.18. The summed E-state index contributed by atoms with van der Waals surface area (Å²) in [7, 11) is 2.49. The Morgan fingerprint density at radius 3 is 2.42 bits per heavy atom. The zero-order valence-corrected chi connectivity index (χ0v) is 18.6. The molecule has 2 N–H and O–H groups in total. The van der Waals surface area contributed by atoms with Crippen molar-refractivity contribution in [3.05, 3.63) is 53.0 Å². The largest absolute Gasteiger partial charge is 0.465 e. The van der Waals surface area contributed by atoms with Crippen LogP contribution >= 0.6 is 0 Å². The van der Waals surface area contributed by atoms with Crippen LogP contribution in [0.1, 0.15) is 36.7 Å². The molecule has 33 heavy (non-hydrogen) atoms. The second-order valence-electron chi connectivity index (χ2n) is 8.19. The van der Waals surface area contributed by atoms with Gasteiger partial charge in [0.1, 0.15) is 22.8 Å². The minimum absolute atomic E-state index is 0.0507. The highest BCUT2D eigenvalue weighted by atomic mass is 19.1. The number of esters is 2. The van der Waals surface area contributed by atoms with E-state index in [1.54, 1.807) is 20.8 Å². The maximum Gasteiger partial charge on any atom is 0.343 e. The fraction of sp³-hybridized carbons (Fsp3) is 0.261. The number of anilines is 1. The summed E-state index contributed by atoms with van der Waals surface area (Å²) in [5, 5.41) is 4.05. The van der Waals surface area contributed by atoms with Crippen molar-refractivity contribution < 1.29 is 32.2 Å². The van der Waals surface area contributed by atoms with E-state index in [2.05, 4.69) is 9.84 Å². The quantitative estimate of drug-likeness (QED) is 0.352. The Kier molecular flexibility index (Phi) is 6.22. The van der Waals surface area contributed by atoms with Gasteiger partial charge in [-0.3, -0.25) is 4.68 Å². The second-order valence-corrected chi connectivity index (χ2v) is 8.19. The third-order valence-electron chi connectivity index (χ3n) is 4.75. The van der Waals surface area contributed by atoms with Crippen LogP contribution in [0.25, 0.3) is 28.1 Å². The smallest absolute Gasteiger partial charge is 0.343 e. The SMILES string of the molecule is COC(=O)c1c(N)c(F)c(-c2ccc(F)c3cnn(C)c23)c(/C=C/C(=O)OC(C)(C)C)c1F. The lowest BCUT2D eigenvalue weighted by atomic mass is 9.92. The van der Waals surface area contributed by atoms with Crippen LogP contribution in [0.2, 0.25) is 0 Å². The summed E-state index contributed by atoms with van der Waals surface area (Å²) in [6.07, 6.45) is 3.11. The minimum Gasteiger partial charge on any atom is -0.465 e. The van der Waals surface area contributed by atoms with Crippen LogP contribution in [0.15, 0.2) is 24.4 Å². The van der Waals surface area contributed by atoms with Crippen LogP contribution in [-0.4, -0.2) is 34.4 Å². The Morgan fingerprint density at radius 2 is 1.82 bits per heavy atom. The summed E-state index contributed by atoms with van der Waals surface area (Å²) in [5.41, 5.74) is 2.67. The van der Waals surface area contributed by atoms with Crippen molar-refractivity contribution in [3.63, 3.8) is 0 Å². The fourth-order valence-electron chi connectivity index (χ4n) is 3.39. The Hall–Kier alpha value is -3.82. The Bertz CT molecular complexity index is 1310. The average Bonchev–Trinajstić information content (AvgIpc) is 3.12. The molecule has 3 rings (SSSR count). The van der Waals surface area contributed by atoms with Gasteiger partial charge in [0.15, 0.2) is 5.82 Å². The van der Waals surface area contributed by atoms with Gasteiger partial charge in [0.2, 0.25) is 0 Å². The molecule has 0 aliphatic rings. The molecule has 10 heteroatoms. The van der Waals surface area contributed by atoms with Gasteiger partial charge in [0.25, 0.3) is 0 Å². The molecular formula is C23H22F3N3O4. The van der Waals surface area contributed by atoms with E-state index in [-0.39, 0.29) is 22.0 Å². The summed E-state index contributed by atoms with van der Waals surface area (Å²) in [6.45, 7) is 4.92. The summed E-state index contributed by atoms with van der Waals surface area (Å²) in [5.74, 6) is -5.00. The number of fused-ring (bicyclic) bond motifs is 1. The molecular weight excluding hydrogens is 439 g/mol. The number of aromatic nitrogens is 2. The van der Waals surface area contributed by atoms with Gasteiger partial charge in [0, 0.05) is 29.8 Å². The molecule has 0 radical (unpaired) electrons. The van der Waals surface area contributed by atoms with Crippen molar-refractivity contribution in [3.8, 4) is 11.1 Å². The zero-order valence-electron chi connectivity index (χ0n) is 18.6. The lowest BCUT2D eigenvalue weighted by molar-refractivity contribution is -0.148. The first-order chi connectivity index (χ1) is 15.4. The molecule has 0 unspecified atom stereocenters. The van der Waals surface area contributed by atoms with Crippen molar-refractivity contribution in [2.75, 3.05) is 12.8 Å². The van der Waals surface area contributed by atoms with Crippen LogP contribution in [0.5, 0.6) is 0 Å². The first-order valence-corrected chi connectivity index (χ1v) is 9.77. The number of aryl methyl sites for hydroxylation is 1. The molecule has 0 saturated carbocycles. The molecule has 0 amide bonds. The van der Waals surface area contributed by atoms with Crippen molar-refractivity contribution in [1.29, 1.82) is 0 Å². The van der Waals surface area contributed by atoms with Crippen LogP contribution in [0, 0.1) is 17.5 Å². The highest BCUT2D eigenvalue weighted by molar-refractivity contribution is 6.03. The molecule has 0 bridgehead atoms. The molecule has 0 fully saturated rings. The fourth-order valence-corrected chi connectivity index (χ4v) is 3.39. The topological polar surface area (TPSA) is 96.4 Å². The van der Waals surface area contributed by atoms with E-state index in [0.717, 1.165) is 25.3 Å². The predicted octanol–water partition coefficient (Wildman–Crippen LogP) is 4.38. The molecule has 1 aromatic heterocycles. The summed E-state index contributed by atoms with van der Waals surface area (Å²) >= 11 is 0. The van der Waals surface area contributed by atoms with E-state index < -0.39 is 51.8 Å². The summed E-state index contributed by atoms with van der Waals surface area (Å²) < 4.78 is 56.4. The van der Waals surface area contributed by atoms with E-state index in [4.69, 9.17) is 10.5 Å². The van der Waals surface area contributed by atoms with Gasteiger partial charge < -0.3 is 15.2 Å². The molecule has 0 aliphatic carbocycles. The van der Waals surface area contributed by atoms with Crippen LogP contribution in [-0.2, 0) is 21.3 Å². The Labute approximate surface area is 187 Å². The van der Waals surface area contributed by atoms with Gasteiger partial charge in [-0.2, -0.15) is 5.10 Å². The van der Waals surface area contributed by atoms with E-state index in [1.165, 1.54) is 24.0 Å². The second kappa shape index (κ2) is 8.61. The number of carbonyl (C=O) groups is 2. The van der Waals surface area contributed by atoms with Crippen molar-refractivity contribution >= 4 is 34.6 Å². The molecule has 0 atom stereocenters. The first kappa shape index (κ1) is 23.8. The molecule has 1 heterocycles. The van der Waals surface area contributed by atoms with Gasteiger partial charge in [-0.05, 0) is 39.0 Å². The number of ether oxygens (including phenoxy) is 2. The maximum absolute atomic E-state index is 15.6. The van der Waals surface area contributed by atoms with Crippen LogP contribution < -0.4 is 5.73 Å². The number of halogens is 3. The molecule has 7 nitrogen and oxygen atoms in total. The van der Waals surface area contributed by atoms with Gasteiger partial charge in [0.05, 0.1) is 29.9 Å². The van der Waals surface area contributed by atoms with E-state index in [0.29, 0.717) is 0 Å². The number of benzene rings is 2. The summed E-state index contributed by atoms with van der Waals surface area (Å²) in [4.78, 5) is 24.3. The third kappa shape index (κ3) is 4.41. The highest BCUT2D eigenvalue weighted by Gasteiger charge is 2.29. The third-order valence-corrected chi connectivity index (χ3v) is 4.75. The molecule has 174 valence electrons. The molecule has 0 aliphatic heterocycles. The molecule has 0 saturated heterocycles. The number of carbonyl (C=O) groups excluding carboxylic acids is 2. The van der Waals surface area contributed by atoms with E-state index in [1.807, 2.05) is 0 Å². The maximum atomic E-state index is 15.6. The number of hydrogen-bond acceptors (Lipinski definition) is 6. The highest BCUT2D eigenvalue weighted by Crippen LogP contribution is 2.40. The van der Waals surface area contributed by atoms with Gasteiger partial charge in [-0.1, -0.05) is 0 Å². The predicted molar refractivity (Wildman–Crippen MR) is 117 cm³/mol. The number of methoxy groups -OCH3 is 1. The molecule has 0 spiro atoms. The normalized spacial score (nSPS) is 11.9. The number of hydrogen-bond donors (Lipinski definition) is 1. The van der Waals surface area contributed by atoms with Gasteiger partial charge >= 0.3 is 11.9 Å². The molecule has 2 aromatic carbocycles. The van der Waals surface area contributed by atoms with Gasteiger partial charge in [-0.25, -0.2) is 22.8 Å². The standard InChI is InChI=1S/C23H22F3N3O4/c1-23(2,3)33-15(30)9-7-11-16(19(26)20(27)17(18(11)25)22(31)32-5)12-6-8-14(24)13-10-28-29(4)21(12)13/h6-10H,27H2,1-5H3/b9-7+. The number of nitrogens with two attached hydrogens (primary N) is 1. The number of rotatable bonds is 4. The minimum atomic E-state index is -1.21. The van der Waals surface area contributed by atoms with Crippen molar-refractivity contribution in [1.82, 2.24) is 9.78 Å². The summed E-state index contributed by atoms with van der Waals surface area (Å²) in [6, 6.07) is 2.31. The molecule has 3 aromatic rings. The van der Waals surface area contributed by atoms with Crippen molar-refractivity contribution in [2.24, 2.45) is 7.05 Å². The Balaban J connectivity index is 2.37. The van der Waals surface area contributed by atoms with Crippen LogP contribution in [0.3, 0.4) is 0 Å². The number of nitrogen functional groups attached to an aromatic ring is 1. The zero-order chi connectivity index (χ0) is 24.7. The van der Waals surface area contributed by atoms with E-state index >= 15 is 8.78 Å². The monoisotopic (exact) mass is 461 g/mol. The van der Waals surface area contributed by atoms with Gasteiger partial charge in [-0.15, -0.1) is 0 Å².